The van der Waals surface area contributed by atoms with E-state index in [1.165, 1.54) is 32.4 Å². The molecule has 1 amide bonds. The summed E-state index contributed by atoms with van der Waals surface area (Å²) in [5.74, 6) is 0.761. The van der Waals surface area contributed by atoms with Crippen molar-refractivity contribution < 1.29 is 33.1 Å². The zero-order valence-electron chi connectivity index (χ0n) is 19.1. The first-order valence-electron chi connectivity index (χ1n) is 10.2. The third-order valence-corrected chi connectivity index (χ3v) is 4.76. The molecular weight excluding hydrogens is 466 g/mol. The zero-order valence-corrected chi connectivity index (χ0v) is 19.8. The van der Waals surface area contributed by atoms with Crippen LogP contribution in [0.5, 0.6) is 17.2 Å². The Morgan fingerprint density at radius 1 is 1.06 bits per heavy atom. The van der Waals surface area contributed by atoms with Gasteiger partial charge in [0.2, 0.25) is 0 Å². The summed E-state index contributed by atoms with van der Waals surface area (Å²) in [6, 6.07) is 9.30. The van der Waals surface area contributed by atoms with Crippen LogP contribution in [0.2, 0.25) is 5.02 Å². The van der Waals surface area contributed by atoms with Gasteiger partial charge in [0.05, 0.1) is 25.5 Å². The van der Waals surface area contributed by atoms with Crippen molar-refractivity contribution in [3.05, 3.63) is 58.7 Å². The van der Waals surface area contributed by atoms with E-state index in [1.807, 2.05) is 13.8 Å². The highest BCUT2D eigenvalue weighted by molar-refractivity contribution is 6.31. The van der Waals surface area contributed by atoms with E-state index < -0.39 is 11.9 Å². The molecule has 0 spiro atoms. The van der Waals surface area contributed by atoms with E-state index in [-0.39, 0.29) is 42.1 Å². The summed E-state index contributed by atoms with van der Waals surface area (Å²) in [7, 11) is 2.90. The normalized spacial score (nSPS) is 10.6. The van der Waals surface area contributed by atoms with Crippen LogP contribution in [-0.4, -0.2) is 42.8 Å². The maximum atomic E-state index is 12.4. The van der Waals surface area contributed by atoms with Crippen LogP contribution in [0.1, 0.15) is 41.8 Å². The second kappa shape index (κ2) is 11.4. The van der Waals surface area contributed by atoms with Crippen LogP contribution in [0.15, 0.2) is 40.9 Å². The lowest BCUT2D eigenvalue weighted by Crippen LogP contribution is -2.20. The number of nitrogens with one attached hydrogen (secondary N) is 1. The van der Waals surface area contributed by atoms with E-state index in [0.717, 1.165) is 0 Å². The van der Waals surface area contributed by atoms with E-state index in [9.17, 15) is 9.59 Å². The van der Waals surface area contributed by atoms with Crippen LogP contribution in [-0.2, 0) is 16.1 Å². The van der Waals surface area contributed by atoms with Crippen molar-refractivity contribution in [1.82, 2.24) is 10.1 Å². The standard InChI is InChI=1S/C23H24ClN3O7/c1-13(2)22-26-21(34-27-22)12-33-23(29)14-5-7-18(19(9-14)31-4)32-11-20(28)25-16-10-15(24)6-8-17(16)30-3/h5-10,13H,11-12H2,1-4H3,(H,25,28). The number of aromatic nitrogens is 2. The van der Waals surface area contributed by atoms with Crippen molar-refractivity contribution in [3.8, 4) is 17.2 Å². The lowest BCUT2D eigenvalue weighted by Gasteiger charge is -2.13. The Hall–Kier alpha value is -3.79. The molecule has 3 rings (SSSR count). The number of ether oxygens (including phenoxy) is 4. The number of hydrogen-bond donors (Lipinski definition) is 1. The summed E-state index contributed by atoms with van der Waals surface area (Å²) in [4.78, 5) is 28.9. The highest BCUT2D eigenvalue weighted by atomic mass is 35.5. The van der Waals surface area contributed by atoms with Gasteiger partial charge in [0, 0.05) is 10.9 Å². The number of nitrogens with zero attached hydrogens (tertiary/aromatic N) is 2. The predicted molar refractivity (Wildman–Crippen MR) is 123 cm³/mol. The Kier molecular flexibility index (Phi) is 8.31. The number of carbonyl (C=O) groups excluding carboxylic acids is 2. The third-order valence-electron chi connectivity index (χ3n) is 4.52. The molecule has 0 fully saturated rings. The zero-order chi connectivity index (χ0) is 24.7. The van der Waals surface area contributed by atoms with Crippen molar-refractivity contribution in [3.63, 3.8) is 0 Å². The molecule has 180 valence electrons. The SMILES string of the molecule is COc1ccc(Cl)cc1NC(=O)COc1ccc(C(=O)OCc2nc(C(C)C)no2)cc1OC. The number of esters is 1. The first-order valence-corrected chi connectivity index (χ1v) is 10.6. The minimum absolute atomic E-state index is 0.0969. The molecule has 0 aliphatic heterocycles. The topological polar surface area (TPSA) is 122 Å². The van der Waals surface area contributed by atoms with Gasteiger partial charge in [-0.2, -0.15) is 4.98 Å². The second-order valence-electron chi connectivity index (χ2n) is 7.32. The fraction of sp³-hybridized carbons (Fsp3) is 0.304. The molecule has 34 heavy (non-hydrogen) atoms. The molecule has 0 aliphatic carbocycles. The van der Waals surface area contributed by atoms with Crippen LogP contribution in [0.4, 0.5) is 5.69 Å². The van der Waals surface area contributed by atoms with E-state index in [2.05, 4.69) is 15.5 Å². The van der Waals surface area contributed by atoms with Crippen LogP contribution in [0.25, 0.3) is 0 Å². The maximum Gasteiger partial charge on any atom is 0.338 e. The third kappa shape index (κ3) is 6.38. The van der Waals surface area contributed by atoms with Gasteiger partial charge in [-0.1, -0.05) is 30.6 Å². The van der Waals surface area contributed by atoms with Gasteiger partial charge in [-0.25, -0.2) is 4.79 Å². The van der Waals surface area contributed by atoms with Gasteiger partial charge in [-0.15, -0.1) is 0 Å². The number of amides is 1. The lowest BCUT2D eigenvalue weighted by molar-refractivity contribution is -0.118. The molecule has 0 atom stereocenters. The highest BCUT2D eigenvalue weighted by Crippen LogP contribution is 2.30. The van der Waals surface area contributed by atoms with E-state index in [0.29, 0.717) is 22.3 Å². The molecule has 3 aromatic rings. The lowest BCUT2D eigenvalue weighted by atomic mass is 10.2. The Labute approximate surface area is 201 Å². The minimum Gasteiger partial charge on any atom is -0.495 e. The first-order chi connectivity index (χ1) is 16.3. The molecule has 0 bridgehead atoms. The van der Waals surface area contributed by atoms with Gasteiger partial charge in [0.15, 0.2) is 30.5 Å². The summed E-state index contributed by atoms with van der Waals surface area (Å²) in [6.45, 7) is 3.38. The molecule has 1 N–H and O–H groups in total. The fourth-order valence-corrected chi connectivity index (χ4v) is 2.97. The largest absolute Gasteiger partial charge is 0.495 e. The summed E-state index contributed by atoms with van der Waals surface area (Å²) in [6.07, 6.45) is 0. The van der Waals surface area contributed by atoms with Crippen molar-refractivity contribution in [2.24, 2.45) is 0 Å². The van der Waals surface area contributed by atoms with E-state index in [1.54, 1.807) is 18.2 Å². The Bertz CT molecular complexity index is 1160. The highest BCUT2D eigenvalue weighted by Gasteiger charge is 2.16. The first kappa shape index (κ1) is 24.8. The van der Waals surface area contributed by atoms with Crippen molar-refractivity contribution >= 4 is 29.2 Å². The van der Waals surface area contributed by atoms with Gasteiger partial charge in [0.25, 0.3) is 11.8 Å². The molecule has 0 saturated carbocycles. The van der Waals surface area contributed by atoms with E-state index in [4.69, 9.17) is 35.1 Å². The van der Waals surface area contributed by atoms with Gasteiger partial charge in [-0.3, -0.25) is 4.79 Å². The quantitative estimate of drug-likeness (QED) is 0.416. The molecule has 0 saturated heterocycles. The van der Waals surface area contributed by atoms with Crippen LogP contribution in [0.3, 0.4) is 0 Å². The van der Waals surface area contributed by atoms with Crippen molar-refractivity contribution in [2.45, 2.75) is 26.4 Å². The molecule has 2 aromatic carbocycles. The molecule has 1 heterocycles. The Balaban J connectivity index is 1.59. The number of anilines is 1. The van der Waals surface area contributed by atoms with Crippen molar-refractivity contribution in [2.75, 3.05) is 26.1 Å². The van der Waals surface area contributed by atoms with Crippen molar-refractivity contribution in [1.29, 1.82) is 0 Å². The molecule has 0 unspecified atom stereocenters. The molecule has 0 aliphatic rings. The maximum absolute atomic E-state index is 12.4. The summed E-state index contributed by atoms with van der Waals surface area (Å²) < 4.78 is 26.3. The number of rotatable bonds is 10. The smallest absolute Gasteiger partial charge is 0.338 e. The summed E-state index contributed by atoms with van der Waals surface area (Å²) in [5, 5.41) is 6.94. The molecule has 11 heteroatoms. The minimum atomic E-state index is -0.611. The molecule has 1 aromatic heterocycles. The number of methoxy groups -OCH3 is 2. The molecule has 10 nitrogen and oxygen atoms in total. The van der Waals surface area contributed by atoms with Gasteiger partial charge in [0.1, 0.15) is 5.75 Å². The van der Waals surface area contributed by atoms with Gasteiger partial charge < -0.3 is 28.8 Å². The fourth-order valence-electron chi connectivity index (χ4n) is 2.79. The average molecular weight is 490 g/mol. The van der Waals surface area contributed by atoms with Crippen LogP contribution in [0, 0.1) is 0 Å². The number of halogens is 1. The summed E-state index contributed by atoms with van der Waals surface area (Å²) >= 11 is 5.98. The number of hydrogen-bond acceptors (Lipinski definition) is 9. The predicted octanol–water partition coefficient (Wildman–Crippen LogP) is 4.24. The summed E-state index contributed by atoms with van der Waals surface area (Å²) in [5.41, 5.74) is 0.635. The Morgan fingerprint density at radius 2 is 1.79 bits per heavy atom. The number of carbonyl (C=O) groups is 2. The van der Waals surface area contributed by atoms with Crippen LogP contribution >= 0.6 is 11.6 Å². The van der Waals surface area contributed by atoms with Gasteiger partial charge >= 0.3 is 5.97 Å². The molecular formula is C23H24ClN3O7. The Morgan fingerprint density at radius 3 is 2.47 bits per heavy atom. The van der Waals surface area contributed by atoms with E-state index >= 15 is 0 Å². The average Bonchev–Trinajstić information content (AvgIpc) is 3.31. The monoisotopic (exact) mass is 489 g/mol. The van der Waals surface area contributed by atoms with Gasteiger partial charge in [-0.05, 0) is 36.4 Å². The van der Waals surface area contributed by atoms with Crippen LogP contribution < -0.4 is 19.5 Å². The second-order valence-corrected chi connectivity index (χ2v) is 7.76. The number of benzene rings is 2. The molecule has 0 radical (unpaired) electrons.